The van der Waals surface area contributed by atoms with Crippen LogP contribution in [-0.2, 0) is 4.43 Å². The number of hydrogen-bond acceptors (Lipinski definition) is 2. The first kappa shape index (κ1) is 10.4. The minimum Gasteiger partial charge on any atom is -0.409 e. The molecular weight excluding hydrogens is 158 g/mol. The van der Waals surface area contributed by atoms with E-state index in [2.05, 4.69) is 37.5 Å². The third kappa shape index (κ3) is 2.96. The third-order valence-corrected chi connectivity index (χ3v) is 9.25. The second-order valence-corrected chi connectivity index (χ2v) is 11.6. The van der Waals surface area contributed by atoms with Gasteiger partial charge in [0.2, 0.25) is 9.20 Å². The minimum atomic E-state index is -1.07. The van der Waals surface area contributed by atoms with E-state index in [1.54, 1.807) is 0 Å². The van der Waals surface area contributed by atoms with Gasteiger partial charge < -0.3 is 8.66 Å². The average Bonchev–Trinajstić information content (AvgIpc) is 1.83. The van der Waals surface area contributed by atoms with Crippen molar-refractivity contribution in [1.29, 1.82) is 0 Å². The summed E-state index contributed by atoms with van der Waals surface area (Å²) in [5.41, 5.74) is 0. The highest BCUT2D eigenvalue weighted by atomic mass is 28.4. The molecule has 0 spiro atoms. The zero-order valence-corrected chi connectivity index (χ0v) is 10.1. The molecule has 0 aliphatic rings. The summed E-state index contributed by atoms with van der Waals surface area (Å²) < 4.78 is 7.80. The molecule has 0 amide bonds. The van der Waals surface area contributed by atoms with Crippen LogP contribution in [0.15, 0.2) is 0 Å². The van der Waals surface area contributed by atoms with Gasteiger partial charge in [0.15, 0.2) is 0 Å². The summed E-state index contributed by atoms with van der Waals surface area (Å²) >= 11 is 0. The number of rotatable bonds is 3. The Morgan fingerprint density at radius 2 is 1.70 bits per heavy atom. The topological polar surface area (TPSA) is 12.5 Å². The van der Waals surface area contributed by atoms with Crippen LogP contribution < -0.4 is 0 Å². The lowest BCUT2D eigenvalue weighted by atomic mass is 11.6. The zero-order valence-electron chi connectivity index (χ0n) is 7.93. The van der Waals surface area contributed by atoms with Crippen LogP contribution in [0.5, 0.6) is 0 Å². The predicted octanol–water partition coefficient (Wildman–Crippen LogP) is 1.25. The molecule has 0 N–H and O–H groups in total. The van der Waals surface area contributed by atoms with E-state index in [1.165, 1.54) is 0 Å². The van der Waals surface area contributed by atoms with Crippen molar-refractivity contribution in [3.63, 3.8) is 0 Å². The molecule has 0 heterocycles. The molecular formula is C6H19NOSi2. The maximum Gasteiger partial charge on any atom is 0.244 e. The van der Waals surface area contributed by atoms with Crippen molar-refractivity contribution in [1.82, 2.24) is 4.23 Å². The monoisotopic (exact) mass is 177 g/mol. The van der Waals surface area contributed by atoms with Crippen molar-refractivity contribution in [3.05, 3.63) is 0 Å². The Balaban J connectivity index is 3.94. The van der Waals surface area contributed by atoms with Gasteiger partial charge in [-0.15, -0.1) is 0 Å². The first-order valence-electron chi connectivity index (χ1n) is 3.65. The van der Waals surface area contributed by atoms with Gasteiger partial charge >= 0.3 is 0 Å². The number of nitrogens with zero attached hydrogens (tertiary/aromatic N) is 1. The first-order chi connectivity index (χ1) is 4.39. The summed E-state index contributed by atoms with van der Waals surface area (Å²) in [4.78, 5) is 0. The summed E-state index contributed by atoms with van der Waals surface area (Å²) in [6.07, 6.45) is 0. The quantitative estimate of drug-likeness (QED) is 0.602. The fourth-order valence-corrected chi connectivity index (χ4v) is 5.70. The summed E-state index contributed by atoms with van der Waals surface area (Å²) in [7, 11) is 1.92. The van der Waals surface area contributed by atoms with Crippen LogP contribution in [0.4, 0.5) is 0 Å². The van der Waals surface area contributed by atoms with Gasteiger partial charge in [0.1, 0.15) is 8.24 Å². The van der Waals surface area contributed by atoms with Crippen molar-refractivity contribution < 1.29 is 4.43 Å². The molecule has 0 aromatic heterocycles. The van der Waals surface area contributed by atoms with Gasteiger partial charge in [-0.25, -0.2) is 0 Å². The van der Waals surface area contributed by atoms with E-state index in [-0.39, 0.29) is 0 Å². The molecule has 1 unspecified atom stereocenters. The Kier molecular flexibility index (Phi) is 3.79. The maximum atomic E-state index is 5.34. The second-order valence-electron chi connectivity index (χ2n) is 3.62. The molecule has 0 bridgehead atoms. The molecule has 0 aromatic carbocycles. The van der Waals surface area contributed by atoms with Crippen molar-refractivity contribution in [3.8, 4) is 0 Å². The normalized spacial score (nSPS) is 15.9. The Hall–Kier alpha value is 0.354. The molecule has 0 saturated heterocycles. The predicted molar refractivity (Wildman–Crippen MR) is 51.1 cm³/mol. The van der Waals surface area contributed by atoms with Crippen LogP contribution >= 0.6 is 0 Å². The fourth-order valence-electron chi connectivity index (χ4n) is 0.704. The molecule has 0 rings (SSSR count). The van der Waals surface area contributed by atoms with Gasteiger partial charge in [0.05, 0.1) is 0 Å². The van der Waals surface area contributed by atoms with E-state index in [1.807, 2.05) is 7.11 Å². The van der Waals surface area contributed by atoms with Crippen molar-refractivity contribution in [2.45, 2.75) is 26.2 Å². The van der Waals surface area contributed by atoms with Crippen LogP contribution in [-0.4, -0.2) is 35.8 Å². The molecule has 0 saturated carbocycles. The molecule has 62 valence electrons. The summed E-state index contributed by atoms with van der Waals surface area (Å²) in [5, 5.41) is 0. The molecule has 1 atom stereocenters. The molecule has 0 radical (unpaired) electrons. The fraction of sp³-hybridized carbons (Fsp3) is 1.00. The largest absolute Gasteiger partial charge is 0.409 e. The highest BCUT2D eigenvalue weighted by Crippen LogP contribution is 2.08. The van der Waals surface area contributed by atoms with Crippen LogP contribution in [0.25, 0.3) is 0 Å². The lowest BCUT2D eigenvalue weighted by Gasteiger charge is -2.33. The maximum absolute atomic E-state index is 5.34. The molecule has 0 fully saturated rings. The van der Waals surface area contributed by atoms with Gasteiger partial charge in [0, 0.05) is 7.11 Å². The summed E-state index contributed by atoms with van der Waals surface area (Å²) in [5.74, 6) is 0. The third-order valence-electron chi connectivity index (χ3n) is 1.94. The molecule has 0 aliphatic heterocycles. The molecule has 0 aromatic rings. The Bertz CT molecular complexity index is 102. The summed E-state index contributed by atoms with van der Waals surface area (Å²) in [6, 6.07) is 0. The van der Waals surface area contributed by atoms with Crippen LogP contribution in [0, 0.1) is 0 Å². The van der Waals surface area contributed by atoms with Crippen LogP contribution in [0.3, 0.4) is 0 Å². The standard InChI is InChI=1S/C6H19NOSi2/c1-7(9(3)8-2)10(4,5)6/h9H,1-6H3. The van der Waals surface area contributed by atoms with Gasteiger partial charge in [-0.2, -0.15) is 0 Å². The van der Waals surface area contributed by atoms with Crippen molar-refractivity contribution in [2.24, 2.45) is 0 Å². The lowest BCUT2D eigenvalue weighted by molar-refractivity contribution is 0.389. The van der Waals surface area contributed by atoms with Crippen LogP contribution in [0.2, 0.25) is 26.2 Å². The summed E-state index contributed by atoms with van der Waals surface area (Å²) in [6.45, 7) is 9.25. The molecule has 2 nitrogen and oxygen atoms in total. The van der Waals surface area contributed by atoms with Gasteiger partial charge in [0.25, 0.3) is 0 Å². The minimum absolute atomic E-state index is 1.01. The number of hydrogen-bond donors (Lipinski definition) is 0. The van der Waals surface area contributed by atoms with Crippen molar-refractivity contribution >= 4 is 17.4 Å². The van der Waals surface area contributed by atoms with E-state index in [9.17, 15) is 0 Å². The van der Waals surface area contributed by atoms with Gasteiger partial charge in [-0.1, -0.05) is 19.6 Å². The van der Waals surface area contributed by atoms with E-state index >= 15 is 0 Å². The van der Waals surface area contributed by atoms with Gasteiger partial charge in [-0.05, 0) is 13.6 Å². The van der Waals surface area contributed by atoms with Gasteiger partial charge in [-0.3, -0.25) is 0 Å². The highest BCUT2D eigenvalue weighted by Gasteiger charge is 2.24. The smallest absolute Gasteiger partial charge is 0.244 e. The Labute approximate surface area is 67.1 Å². The lowest BCUT2D eigenvalue weighted by Crippen LogP contribution is -2.51. The van der Waals surface area contributed by atoms with E-state index in [4.69, 9.17) is 4.43 Å². The van der Waals surface area contributed by atoms with E-state index in [0.29, 0.717) is 0 Å². The average molecular weight is 177 g/mol. The van der Waals surface area contributed by atoms with Crippen molar-refractivity contribution in [2.75, 3.05) is 14.2 Å². The van der Waals surface area contributed by atoms with Crippen LogP contribution in [0.1, 0.15) is 0 Å². The molecule has 10 heavy (non-hydrogen) atoms. The van der Waals surface area contributed by atoms with E-state index in [0.717, 1.165) is 0 Å². The SMILES string of the molecule is CO[SiH](C)N(C)[Si](C)(C)C. The first-order valence-corrected chi connectivity index (χ1v) is 9.24. The molecule has 0 aliphatic carbocycles. The highest BCUT2D eigenvalue weighted by molar-refractivity contribution is 6.81. The zero-order chi connectivity index (χ0) is 8.36. The molecule has 4 heteroatoms. The van der Waals surface area contributed by atoms with E-state index < -0.39 is 17.4 Å². The Morgan fingerprint density at radius 1 is 1.30 bits per heavy atom. The Morgan fingerprint density at radius 3 is 1.80 bits per heavy atom. The second kappa shape index (κ2) is 3.66.